The quantitative estimate of drug-likeness (QED) is 0.517. The van der Waals surface area contributed by atoms with Crippen molar-refractivity contribution in [2.75, 3.05) is 11.9 Å². The smallest absolute Gasteiger partial charge is 0.319 e. The van der Waals surface area contributed by atoms with Gasteiger partial charge >= 0.3 is 12.1 Å². The lowest BCUT2D eigenvalue weighted by Crippen LogP contribution is -2.44. The molecule has 0 heterocycles. The third kappa shape index (κ3) is 5.57. The minimum Gasteiger partial charge on any atom is -0.337 e. The van der Waals surface area contributed by atoms with Crippen LogP contribution in [0.4, 0.5) is 15.3 Å². The van der Waals surface area contributed by atoms with Gasteiger partial charge in [-0.15, -0.1) is 0 Å². The third-order valence-electron chi connectivity index (χ3n) is 6.46. The lowest BCUT2D eigenvalue weighted by Gasteiger charge is -2.30. The van der Waals surface area contributed by atoms with Gasteiger partial charge in [0.2, 0.25) is 0 Å². The van der Waals surface area contributed by atoms with Crippen LogP contribution in [-0.2, 0) is 5.41 Å². The van der Waals surface area contributed by atoms with E-state index in [4.69, 9.17) is 0 Å². The Kier molecular flexibility index (Phi) is 6.44. The number of rotatable bonds is 7. The van der Waals surface area contributed by atoms with E-state index >= 15 is 0 Å². The van der Waals surface area contributed by atoms with E-state index < -0.39 is 0 Å². The van der Waals surface area contributed by atoms with Crippen LogP contribution in [0.2, 0.25) is 0 Å². The van der Waals surface area contributed by atoms with Crippen molar-refractivity contribution in [3.63, 3.8) is 0 Å². The van der Waals surface area contributed by atoms with Crippen molar-refractivity contribution in [3.8, 4) is 0 Å². The number of nitrogens with one attached hydrogen (secondary N) is 4. The minimum atomic E-state index is -0.167. The second-order valence-corrected chi connectivity index (χ2v) is 8.90. The lowest BCUT2D eigenvalue weighted by molar-refractivity contribution is 0.234. The first-order chi connectivity index (χ1) is 15.0. The van der Waals surface area contributed by atoms with Gasteiger partial charge in [0.25, 0.3) is 0 Å². The maximum Gasteiger partial charge on any atom is 0.319 e. The summed E-state index contributed by atoms with van der Waals surface area (Å²) < 4.78 is 0. The largest absolute Gasteiger partial charge is 0.337 e. The van der Waals surface area contributed by atoms with Crippen molar-refractivity contribution in [1.29, 1.82) is 0 Å². The molecule has 0 spiro atoms. The van der Waals surface area contributed by atoms with E-state index in [1.54, 1.807) is 0 Å². The van der Waals surface area contributed by atoms with Crippen LogP contribution < -0.4 is 21.3 Å². The summed E-state index contributed by atoms with van der Waals surface area (Å²) >= 11 is 0. The number of benzene rings is 2. The molecule has 31 heavy (non-hydrogen) atoms. The maximum atomic E-state index is 12.6. The SMILES string of the molecule is CC(NC(=O)NCC1(c2ccccc2)CCCC1)c1ccc(NC(=O)NC2CC2)cc1. The van der Waals surface area contributed by atoms with Crippen molar-refractivity contribution in [3.05, 3.63) is 65.7 Å². The molecule has 2 saturated carbocycles. The fourth-order valence-corrected chi connectivity index (χ4v) is 4.43. The number of carbonyl (C=O) groups is 2. The monoisotopic (exact) mass is 420 g/mol. The standard InChI is InChI=1S/C25H32N4O2/c1-18(19-9-11-21(12-10-19)28-24(31)29-22-13-14-22)27-23(30)26-17-25(15-5-6-16-25)20-7-3-2-4-8-20/h2-4,7-12,18,22H,5-6,13-17H2,1H3,(H2,26,27,30)(H2,28,29,31). The zero-order valence-corrected chi connectivity index (χ0v) is 18.1. The van der Waals surface area contributed by atoms with Gasteiger partial charge in [-0.25, -0.2) is 9.59 Å². The van der Waals surface area contributed by atoms with E-state index in [1.807, 2.05) is 37.3 Å². The molecule has 2 aromatic rings. The van der Waals surface area contributed by atoms with Crippen LogP contribution in [0.1, 0.15) is 62.6 Å². The van der Waals surface area contributed by atoms with E-state index in [2.05, 4.69) is 45.5 Å². The molecule has 0 radical (unpaired) electrons. The first-order valence-electron chi connectivity index (χ1n) is 11.3. The first kappa shape index (κ1) is 21.2. The van der Waals surface area contributed by atoms with Gasteiger partial charge in [-0.1, -0.05) is 55.3 Å². The summed E-state index contributed by atoms with van der Waals surface area (Å²) in [6.07, 6.45) is 6.74. The average molecular weight is 421 g/mol. The van der Waals surface area contributed by atoms with Crippen LogP contribution >= 0.6 is 0 Å². The summed E-state index contributed by atoms with van der Waals surface area (Å²) in [7, 11) is 0. The molecule has 4 rings (SSSR count). The van der Waals surface area contributed by atoms with E-state index in [0.717, 1.165) is 36.9 Å². The van der Waals surface area contributed by atoms with Crippen LogP contribution in [0.5, 0.6) is 0 Å². The fraction of sp³-hybridized carbons (Fsp3) is 0.440. The summed E-state index contributed by atoms with van der Waals surface area (Å²) in [6, 6.07) is 18.0. The normalized spacial score (nSPS) is 18.1. The predicted molar refractivity (Wildman–Crippen MR) is 123 cm³/mol. The number of urea groups is 2. The predicted octanol–water partition coefficient (Wildman–Crippen LogP) is 4.84. The summed E-state index contributed by atoms with van der Waals surface area (Å²) in [6.45, 7) is 2.61. The number of hydrogen-bond acceptors (Lipinski definition) is 2. The maximum absolute atomic E-state index is 12.6. The number of hydrogen-bond donors (Lipinski definition) is 4. The minimum absolute atomic E-state index is 0.0379. The number of anilines is 1. The average Bonchev–Trinajstić information content (AvgIpc) is 3.46. The van der Waals surface area contributed by atoms with Crippen LogP contribution in [-0.4, -0.2) is 24.6 Å². The second kappa shape index (κ2) is 9.41. The molecule has 0 bridgehead atoms. The molecule has 6 heteroatoms. The van der Waals surface area contributed by atoms with Crippen molar-refractivity contribution in [1.82, 2.24) is 16.0 Å². The molecule has 2 fully saturated rings. The topological polar surface area (TPSA) is 82.3 Å². The fourth-order valence-electron chi connectivity index (χ4n) is 4.43. The van der Waals surface area contributed by atoms with Crippen molar-refractivity contribution in [2.24, 2.45) is 0 Å². The molecule has 164 valence electrons. The second-order valence-electron chi connectivity index (χ2n) is 8.90. The highest BCUT2D eigenvalue weighted by Gasteiger charge is 2.35. The van der Waals surface area contributed by atoms with Gasteiger partial charge in [0.15, 0.2) is 0 Å². The van der Waals surface area contributed by atoms with E-state index in [9.17, 15) is 9.59 Å². The van der Waals surface area contributed by atoms with Gasteiger partial charge < -0.3 is 21.3 Å². The third-order valence-corrected chi connectivity index (χ3v) is 6.46. The molecule has 2 aliphatic rings. The molecule has 4 N–H and O–H groups in total. The van der Waals surface area contributed by atoms with Crippen LogP contribution in [0.25, 0.3) is 0 Å². The number of amides is 4. The molecule has 2 aliphatic carbocycles. The Labute approximate surface area is 184 Å². The Balaban J connectivity index is 1.28. The molecule has 2 aromatic carbocycles. The van der Waals surface area contributed by atoms with E-state index in [1.165, 1.54) is 18.4 Å². The summed E-state index contributed by atoms with van der Waals surface area (Å²) in [5.74, 6) is 0. The summed E-state index contributed by atoms with van der Waals surface area (Å²) in [4.78, 5) is 24.4. The van der Waals surface area contributed by atoms with Gasteiger partial charge in [-0.2, -0.15) is 0 Å². The van der Waals surface area contributed by atoms with Gasteiger partial charge in [-0.3, -0.25) is 0 Å². The molecule has 1 atom stereocenters. The molecule has 0 aromatic heterocycles. The van der Waals surface area contributed by atoms with Gasteiger partial charge in [0.05, 0.1) is 6.04 Å². The molecule has 6 nitrogen and oxygen atoms in total. The van der Waals surface area contributed by atoms with E-state index in [-0.39, 0.29) is 23.5 Å². The summed E-state index contributed by atoms with van der Waals surface area (Å²) in [5.41, 5.74) is 3.08. The van der Waals surface area contributed by atoms with Gasteiger partial charge in [0.1, 0.15) is 0 Å². The molecule has 0 saturated heterocycles. The zero-order valence-electron chi connectivity index (χ0n) is 18.1. The highest BCUT2D eigenvalue weighted by molar-refractivity contribution is 5.89. The van der Waals surface area contributed by atoms with Gasteiger partial charge in [0, 0.05) is 23.7 Å². The molecular formula is C25H32N4O2. The number of carbonyl (C=O) groups excluding carboxylic acids is 2. The Morgan fingerprint density at radius 1 is 0.968 bits per heavy atom. The van der Waals surface area contributed by atoms with Crippen LogP contribution in [0, 0.1) is 0 Å². The molecular weight excluding hydrogens is 388 g/mol. The van der Waals surface area contributed by atoms with E-state index in [0.29, 0.717) is 12.6 Å². The van der Waals surface area contributed by atoms with Crippen molar-refractivity contribution >= 4 is 17.7 Å². The molecule has 4 amide bonds. The Morgan fingerprint density at radius 3 is 2.29 bits per heavy atom. The van der Waals surface area contributed by atoms with Crippen LogP contribution in [0.3, 0.4) is 0 Å². The first-order valence-corrected chi connectivity index (χ1v) is 11.3. The Morgan fingerprint density at radius 2 is 1.65 bits per heavy atom. The van der Waals surface area contributed by atoms with Crippen molar-refractivity contribution in [2.45, 2.75) is 62.9 Å². The van der Waals surface area contributed by atoms with Crippen LogP contribution in [0.15, 0.2) is 54.6 Å². The summed E-state index contributed by atoms with van der Waals surface area (Å²) in [5, 5.41) is 11.9. The molecule has 0 aliphatic heterocycles. The lowest BCUT2D eigenvalue weighted by atomic mass is 9.79. The highest BCUT2D eigenvalue weighted by atomic mass is 16.2. The Hall–Kier alpha value is -3.02. The highest BCUT2D eigenvalue weighted by Crippen LogP contribution is 2.40. The van der Waals surface area contributed by atoms with Crippen molar-refractivity contribution < 1.29 is 9.59 Å². The zero-order chi connectivity index (χ0) is 21.7. The molecule has 1 unspecified atom stereocenters. The van der Waals surface area contributed by atoms with Gasteiger partial charge in [-0.05, 0) is 55.9 Å². The Bertz CT molecular complexity index is 887.